The second-order valence-corrected chi connectivity index (χ2v) is 6.73. The Morgan fingerprint density at radius 3 is 2.22 bits per heavy atom. The van der Waals surface area contributed by atoms with E-state index < -0.39 is 5.97 Å². The topological polar surface area (TPSA) is 73.7 Å². The lowest BCUT2D eigenvalue weighted by atomic mass is 10.1. The number of benzene rings is 2. The van der Waals surface area contributed by atoms with E-state index in [1.807, 2.05) is 48.5 Å². The summed E-state index contributed by atoms with van der Waals surface area (Å²) in [5.41, 5.74) is 3.10. The Morgan fingerprint density at radius 1 is 1.07 bits per heavy atom. The quantitative estimate of drug-likeness (QED) is 0.569. The molecule has 6 nitrogen and oxygen atoms in total. The molecule has 0 aliphatic carbocycles. The van der Waals surface area contributed by atoms with Crippen LogP contribution in [-0.2, 0) is 9.59 Å². The molecule has 0 unspecified atom stereocenters. The van der Waals surface area contributed by atoms with Crippen molar-refractivity contribution in [3.63, 3.8) is 0 Å². The van der Waals surface area contributed by atoms with Gasteiger partial charge in [0.05, 0.1) is 23.3 Å². The molecule has 2 aromatic carbocycles. The summed E-state index contributed by atoms with van der Waals surface area (Å²) in [6, 6.07) is 15.3. The highest BCUT2D eigenvalue weighted by molar-refractivity contribution is 6.08. The average Bonchev–Trinajstić information content (AvgIpc) is 2.63. The van der Waals surface area contributed by atoms with Crippen LogP contribution in [0.1, 0.15) is 6.42 Å². The number of anilines is 1. The number of ketones is 1. The minimum absolute atomic E-state index is 0.0318. The molecule has 136 valence electrons. The highest BCUT2D eigenvalue weighted by Gasteiger charge is 2.28. The Bertz CT molecular complexity index is 1010. The van der Waals surface area contributed by atoms with Crippen molar-refractivity contribution in [2.75, 3.05) is 24.6 Å². The van der Waals surface area contributed by atoms with Gasteiger partial charge in [0, 0.05) is 23.7 Å². The molecular weight excluding hydrogens is 342 g/mol. The van der Waals surface area contributed by atoms with Crippen molar-refractivity contribution in [3.8, 4) is 0 Å². The number of hydrazine groups is 1. The summed E-state index contributed by atoms with van der Waals surface area (Å²) in [4.78, 5) is 28.5. The van der Waals surface area contributed by atoms with E-state index in [2.05, 4.69) is 6.58 Å². The first-order valence-corrected chi connectivity index (χ1v) is 8.73. The van der Waals surface area contributed by atoms with Gasteiger partial charge in [-0.25, -0.2) is 9.99 Å². The molecule has 0 radical (unpaired) electrons. The molecule has 6 heteroatoms. The van der Waals surface area contributed by atoms with Crippen LogP contribution in [0, 0.1) is 0 Å². The lowest BCUT2D eigenvalue weighted by Gasteiger charge is -2.39. The van der Waals surface area contributed by atoms with Crippen molar-refractivity contribution in [2.24, 2.45) is 0 Å². The number of fused-ring (bicyclic) bond motifs is 2. The van der Waals surface area contributed by atoms with Crippen LogP contribution in [0.25, 0.3) is 21.8 Å². The maximum absolute atomic E-state index is 12.1. The van der Waals surface area contributed by atoms with Crippen LogP contribution in [0.15, 0.2) is 60.7 Å². The van der Waals surface area contributed by atoms with Gasteiger partial charge in [-0.05, 0) is 12.1 Å². The van der Waals surface area contributed by atoms with Gasteiger partial charge in [-0.3, -0.25) is 14.6 Å². The number of Topliss-reactive ketones (excluding diaryl/α,β-unsaturated/α-hetero) is 1. The molecule has 27 heavy (non-hydrogen) atoms. The van der Waals surface area contributed by atoms with Crippen molar-refractivity contribution in [1.29, 1.82) is 0 Å². The summed E-state index contributed by atoms with van der Waals surface area (Å²) in [5.74, 6) is -0.937. The molecule has 1 aromatic heterocycles. The van der Waals surface area contributed by atoms with Gasteiger partial charge in [-0.15, -0.1) is 0 Å². The summed E-state index contributed by atoms with van der Waals surface area (Å²) >= 11 is 0. The third-order valence-corrected chi connectivity index (χ3v) is 4.66. The van der Waals surface area contributed by atoms with Crippen molar-refractivity contribution in [3.05, 3.63) is 60.7 Å². The number of aliphatic carboxylic acids is 1. The molecule has 1 fully saturated rings. The second-order valence-electron chi connectivity index (χ2n) is 6.73. The number of carboxylic acid groups (broad SMARTS) is 1. The van der Waals surface area contributed by atoms with Crippen LogP contribution in [0.4, 0.5) is 5.69 Å². The molecule has 0 saturated carbocycles. The molecule has 0 spiro atoms. The summed E-state index contributed by atoms with van der Waals surface area (Å²) in [6.07, 6.45) is 0.343. The van der Waals surface area contributed by atoms with E-state index in [0.717, 1.165) is 33.1 Å². The number of rotatable bonds is 4. The first kappa shape index (κ1) is 17.2. The Morgan fingerprint density at radius 2 is 1.67 bits per heavy atom. The Balaban J connectivity index is 1.97. The van der Waals surface area contributed by atoms with E-state index in [9.17, 15) is 14.7 Å². The summed E-state index contributed by atoms with van der Waals surface area (Å²) in [6.45, 7) is 4.31. The summed E-state index contributed by atoms with van der Waals surface area (Å²) in [5, 5.41) is 14.7. The van der Waals surface area contributed by atoms with E-state index in [0.29, 0.717) is 13.0 Å². The maximum atomic E-state index is 12.1. The molecule has 0 amide bonds. The van der Waals surface area contributed by atoms with Gasteiger partial charge < -0.3 is 5.11 Å². The number of hydrogen-bond acceptors (Lipinski definition) is 5. The number of nitrogens with zero attached hydrogens (tertiary/aromatic N) is 3. The number of carbonyl (C=O) groups is 2. The van der Waals surface area contributed by atoms with Crippen LogP contribution in [0.3, 0.4) is 0 Å². The van der Waals surface area contributed by atoms with Crippen molar-refractivity contribution >= 4 is 39.2 Å². The van der Waals surface area contributed by atoms with Crippen LogP contribution in [-0.4, -0.2) is 46.5 Å². The molecule has 1 saturated heterocycles. The first-order valence-electron chi connectivity index (χ1n) is 8.73. The molecule has 1 aliphatic rings. The normalized spacial score (nSPS) is 15.4. The minimum atomic E-state index is -0.969. The molecule has 1 N–H and O–H groups in total. The van der Waals surface area contributed by atoms with E-state index >= 15 is 0 Å². The van der Waals surface area contributed by atoms with Gasteiger partial charge in [-0.1, -0.05) is 48.6 Å². The maximum Gasteiger partial charge on any atom is 0.324 e. The van der Waals surface area contributed by atoms with E-state index in [4.69, 9.17) is 4.98 Å². The third kappa shape index (κ3) is 3.27. The van der Waals surface area contributed by atoms with Gasteiger partial charge >= 0.3 is 5.97 Å². The lowest BCUT2D eigenvalue weighted by Crippen LogP contribution is -2.51. The average molecular weight is 361 g/mol. The Hall–Kier alpha value is -3.25. The second kappa shape index (κ2) is 6.81. The number of pyridine rings is 1. The van der Waals surface area contributed by atoms with Crippen LogP contribution >= 0.6 is 0 Å². The fraction of sp³-hybridized carbons (Fsp3) is 0.190. The standard InChI is InChI=1S/C21H19N3O3/c1-14-10-15(25)12-23(11-14)24(13-20(26)27)21-16-6-2-4-8-18(16)22-19-9-5-3-7-17(19)21/h2-9H,1,10-13H2,(H,26,27). The van der Waals surface area contributed by atoms with Gasteiger partial charge in [0.1, 0.15) is 6.54 Å². The van der Waals surface area contributed by atoms with E-state index in [1.165, 1.54) is 0 Å². The number of para-hydroxylation sites is 2. The first-order chi connectivity index (χ1) is 13.0. The molecule has 0 bridgehead atoms. The number of aromatic nitrogens is 1. The number of piperidine rings is 1. The molecular formula is C21H19N3O3. The fourth-order valence-electron chi connectivity index (χ4n) is 3.62. The number of carbonyl (C=O) groups excluding carboxylic acids is 1. The Kier molecular flexibility index (Phi) is 4.33. The monoisotopic (exact) mass is 361 g/mol. The van der Waals surface area contributed by atoms with Crippen molar-refractivity contribution in [2.45, 2.75) is 6.42 Å². The van der Waals surface area contributed by atoms with E-state index in [1.54, 1.807) is 10.0 Å². The van der Waals surface area contributed by atoms with Gasteiger partial charge in [-0.2, -0.15) is 0 Å². The molecule has 2 heterocycles. The third-order valence-electron chi connectivity index (χ3n) is 4.66. The predicted molar refractivity (Wildman–Crippen MR) is 105 cm³/mol. The van der Waals surface area contributed by atoms with Crippen molar-refractivity contribution in [1.82, 2.24) is 9.99 Å². The zero-order valence-corrected chi connectivity index (χ0v) is 14.8. The van der Waals surface area contributed by atoms with Gasteiger partial charge in [0.2, 0.25) is 0 Å². The zero-order chi connectivity index (χ0) is 19.0. The van der Waals surface area contributed by atoms with Crippen LogP contribution in [0.5, 0.6) is 0 Å². The van der Waals surface area contributed by atoms with Crippen LogP contribution in [0.2, 0.25) is 0 Å². The largest absolute Gasteiger partial charge is 0.480 e. The summed E-state index contributed by atoms with van der Waals surface area (Å²) < 4.78 is 0. The highest BCUT2D eigenvalue weighted by atomic mass is 16.4. The predicted octanol–water partition coefficient (Wildman–Crippen LogP) is 3.03. The van der Waals surface area contributed by atoms with Gasteiger partial charge in [0.25, 0.3) is 0 Å². The van der Waals surface area contributed by atoms with Gasteiger partial charge in [0.15, 0.2) is 5.78 Å². The lowest BCUT2D eigenvalue weighted by molar-refractivity contribution is -0.136. The molecule has 4 rings (SSSR count). The molecule has 1 aliphatic heterocycles. The van der Waals surface area contributed by atoms with Crippen molar-refractivity contribution < 1.29 is 14.7 Å². The zero-order valence-electron chi connectivity index (χ0n) is 14.8. The smallest absolute Gasteiger partial charge is 0.324 e. The summed E-state index contributed by atoms with van der Waals surface area (Å²) in [7, 11) is 0. The fourth-order valence-corrected chi connectivity index (χ4v) is 3.62. The SMILES string of the molecule is C=C1CC(=O)CN(N(CC(=O)O)c2c3ccccc3nc3ccccc23)C1. The van der Waals surface area contributed by atoms with E-state index in [-0.39, 0.29) is 18.9 Å². The Labute approximate surface area is 156 Å². The molecule has 0 atom stereocenters. The number of carboxylic acids is 1. The highest BCUT2D eigenvalue weighted by Crippen LogP contribution is 2.35. The minimum Gasteiger partial charge on any atom is -0.480 e. The number of hydrogen-bond donors (Lipinski definition) is 1. The molecule has 3 aromatic rings. The van der Waals surface area contributed by atoms with Crippen LogP contribution < -0.4 is 5.01 Å².